The molecule has 1 N–H and O–H groups in total. The zero-order chi connectivity index (χ0) is 24.9. The lowest BCUT2D eigenvalue weighted by atomic mass is 9.88. The summed E-state index contributed by atoms with van der Waals surface area (Å²) in [7, 11) is 0. The summed E-state index contributed by atoms with van der Waals surface area (Å²) < 4.78 is 1.95. The predicted molar refractivity (Wildman–Crippen MR) is 136 cm³/mol. The van der Waals surface area contributed by atoms with Crippen LogP contribution in [-0.2, 0) is 10.3 Å². The number of urea groups is 1. The van der Waals surface area contributed by atoms with Gasteiger partial charge in [-0.3, -0.25) is 14.5 Å². The normalized spacial score (nSPS) is 17.8. The lowest BCUT2D eigenvalue weighted by Gasteiger charge is -2.24. The van der Waals surface area contributed by atoms with Crippen LogP contribution < -0.4 is 5.32 Å². The maximum Gasteiger partial charge on any atom is 0.325 e. The molecule has 0 unspecified atom stereocenters. The number of Topliss-reactive ketones (excluding diaryl/α,β-unsaturated/α-hetero) is 1. The molecular weight excluding hydrogens is 462 g/mol. The van der Waals surface area contributed by atoms with Crippen molar-refractivity contribution < 1.29 is 14.4 Å². The maximum atomic E-state index is 13.5. The highest BCUT2D eigenvalue weighted by molar-refractivity contribution is 6.30. The molecule has 1 aromatic heterocycles. The summed E-state index contributed by atoms with van der Waals surface area (Å²) >= 11 is 6.02. The smallest absolute Gasteiger partial charge is 0.319 e. The summed E-state index contributed by atoms with van der Waals surface area (Å²) in [5, 5.41) is 5.30. The fourth-order valence-corrected chi connectivity index (χ4v) is 5.07. The van der Waals surface area contributed by atoms with Gasteiger partial charge in [0.15, 0.2) is 5.78 Å². The molecule has 2 heterocycles. The topological polar surface area (TPSA) is 71.4 Å². The zero-order valence-electron chi connectivity index (χ0n) is 19.6. The van der Waals surface area contributed by atoms with Gasteiger partial charge in [-0.25, -0.2) is 4.79 Å². The van der Waals surface area contributed by atoms with Crippen molar-refractivity contribution >= 4 is 40.1 Å². The first-order valence-corrected chi connectivity index (χ1v) is 11.7. The van der Waals surface area contributed by atoms with E-state index >= 15 is 0 Å². The Morgan fingerprint density at radius 2 is 1.66 bits per heavy atom. The van der Waals surface area contributed by atoms with Gasteiger partial charge in [-0.15, -0.1) is 0 Å². The van der Waals surface area contributed by atoms with E-state index < -0.39 is 17.5 Å². The third-order valence-corrected chi connectivity index (χ3v) is 6.97. The van der Waals surface area contributed by atoms with Gasteiger partial charge in [0.05, 0.1) is 6.54 Å². The number of fused-ring (bicyclic) bond motifs is 1. The van der Waals surface area contributed by atoms with Crippen molar-refractivity contribution in [3.05, 3.63) is 100 Å². The van der Waals surface area contributed by atoms with Gasteiger partial charge in [-0.2, -0.15) is 0 Å². The number of nitrogens with zero attached hydrogens (tertiary/aromatic N) is 2. The number of imide groups is 1. The Bertz CT molecular complexity index is 1500. The molecule has 0 radical (unpaired) electrons. The lowest BCUT2D eigenvalue weighted by molar-refractivity contribution is -0.130. The van der Waals surface area contributed by atoms with E-state index in [0.717, 1.165) is 32.7 Å². The Morgan fingerprint density at radius 1 is 0.971 bits per heavy atom. The number of benzene rings is 3. The predicted octanol–water partition coefficient (Wildman–Crippen LogP) is 5.55. The quantitative estimate of drug-likeness (QED) is 0.297. The van der Waals surface area contributed by atoms with Gasteiger partial charge >= 0.3 is 6.03 Å². The van der Waals surface area contributed by atoms with Gasteiger partial charge in [0.25, 0.3) is 5.91 Å². The molecule has 1 atom stereocenters. The van der Waals surface area contributed by atoms with Crippen LogP contribution in [-0.4, -0.2) is 33.7 Å². The third-order valence-electron chi connectivity index (χ3n) is 6.72. The molecule has 0 bridgehead atoms. The molecule has 0 aliphatic carbocycles. The number of hydrogen-bond donors (Lipinski definition) is 1. The zero-order valence-corrected chi connectivity index (χ0v) is 20.4. The average molecular weight is 486 g/mol. The van der Waals surface area contributed by atoms with Crippen molar-refractivity contribution in [1.29, 1.82) is 0 Å². The minimum absolute atomic E-state index is 0.302. The van der Waals surface area contributed by atoms with E-state index in [4.69, 9.17) is 11.6 Å². The molecule has 4 aromatic rings. The van der Waals surface area contributed by atoms with Crippen molar-refractivity contribution in [2.45, 2.75) is 26.3 Å². The maximum absolute atomic E-state index is 13.5. The van der Waals surface area contributed by atoms with E-state index in [0.29, 0.717) is 16.1 Å². The van der Waals surface area contributed by atoms with E-state index in [1.807, 2.05) is 73.0 Å². The van der Waals surface area contributed by atoms with Crippen LogP contribution in [0.25, 0.3) is 16.5 Å². The Kier molecular flexibility index (Phi) is 5.49. The van der Waals surface area contributed by atoms with E-state index in [1.165, 1.54) is 0 Å². The molecule has 5 rings (SSSR count). The summed E-state index contributed by atoms with van der Waals surface area (Å²) in [6, 6.07) is 21.9. The Morgan fingerprint density at radius 3 is 2.40 bits per heavy atom. The Labute approximate surface area is 208 Å². The monoisotopic (exact) mass is 485 g/mol. The summed E-state index contributed by atoms with van der Waals surface area (Å²) in [6.45, 7) is 5.10. The highest BCUT2D eigenvalue weighted by Crippen LogP contribution is 2.34. The van der Waals surface area contributed by atoms with Gasteiger partial charge in [0.2, 0.25) is 0 Å². The van der Waals surface area contributed by atoms with Crippen molar-refractivity contribution in [1.82, 2.24) is 14.8 Å². The summed E-state index contributed by atoms with van der Waals surface area (Å²) in [5.74, 6) is -0.748. The van der Waals surface area contributed by atoms with Crippen molar-refractivity contribution in [3.8, 4) is 5.69 Å². The van der Waals surface area contributed by atoms with Gasteiger partial charge in [-0.05, 0) is 67.4 Å². The molecule has 1 aliphatic heterocycles. The second-order valence-corrected chi connectivity index (χ2v) is 9.43. The number of ketones is 1. The molecule has 0 saturated carbocycles. The first kappa shape index (κ1) is 22.9. The van der Waals surface area contributed by atoms with Gasteiger partial charge in [-0.1, -0.05) is 54.1 Å². The van der Waals surface area contributed by atoms with Crippen LogP contribution in [0.1, 0.15) is 34.2 Å². The molecule has 0 spiro atoms. The van der Waals surface area contributed by atoms with E-state index in [9.17, 15) is 14.4 Å². The van der Waals surface area contributed by atoms with Crippen molar-refractivity contribution in [2.75, 3.05) is 6.54 Å². The number of aryl methyl sites for hydroxylation is 1. The number of aromatic nitrogens is 1. The number of amides is 3. The van der Waals surface area contributed by atoms with Crippen LogP contribution in [0.2, 0.25) is 5.02 Å². The molecule has 1 fully saturated rings. The van der Waals surface area contributed by atoms with Crippen molar-refractivity contribution in [2.24, 2.45) is 0 Å². The standard InChI is InChI=1S/C28H24ClN3O3/c1-17-15-23(18(2)32(17)21-13-11-20(29)12-14-21)25(33)16-31-26(34)28(3,30-27(31)35)24-10-6-8-19-7-4-5-9-22(19)24/h4-15H,16H2,1-3H3,(H,30,35)/t28-/m1/s1. The molecular formula is C28H24ClN3O3. The SMILES string of the molecule is Cc1cc(C(=O)CN2C(=O)N[C@](C)(c3cccc4ccccc34)C2=O)c(C)n1-c1ccc(Cl)cc1. The van der Waals surface area contributed by atoms with Gasteiger partial charge in [0, 0.05) is 27.7 Å². The highest BCUT2D eigenvalue weighted by atomic mass is 35.5. The van der Waals surface area contributed by atoms with Crippen LogP contribution in [0.4, 0.5) is 4.79 Å². The molecule has 6 nitrogen and oxygen atoms in total. The lowest BCUT2D eigenvalue weighted by Crippen LogP contribution is -2.41. The number of carbonyl (C=O) groups excluding carboxylic acids is 3. The van der Waals surface area contributed by atoms with Crippen molar-refractivity contribution in [3.63, 3.8) is 0 Å². The van der Waals surface area contributed by atoms with E-state index in [-0.39, 0.29) is 12.3 Å². The number of halogens is 1. The second-order valence-electron chi connectivity index (χ2n) is 8.99. The second kappa shape index (κ2) is 8.40. The van der Waals surface area contributed by atoms with Crippen LogP contribution in [0.15, 0.2) is 72.8 Å². The van der Waals surface area contributed by atoms with Gasteiger partial charge < -0.3 is 9.88 Å². The largest absolute Gasteiger partial charge is 0.325 e. The Hall–Kier alpha value is -3.90. The number of nitrogens with one attached hydrogen (secondary N) is 1. The first-order valence-electron chi connectivity index (χ1n) is 11.3. The fraction of sp³-hybridized carbons (Fsp3) is 0.179. The summed E-state index contributed by atoms with van der Waals surface area (Å²) in [6.07, 6.45) is 0. The number of rotatable bonds is 5. The van der Waals surface area contributed by atoms with E-state index in [2.05, 4.69) is 5.32 Å². The molecule has 3 aromatic carbocycles. The Balaban J connectivity index is 1.45. The van der Waals surface area contributed by atoms with Crippen LogP contribution in [0, 0.1) is 13.8 Å². The first-order chi connectivity index (χ1) is 16.7. The van der Waals surface area contributed by atoms with Crippen LogP contribution in [0.3, 0.4) is 0 Å². The molecule has 7 heteroatoms. The molecule has 3 amide bonds. The van der Waals surface area contributed by atoms with E-state index in [1.54, 1.807) is 25.1 Å². The number of hydrogen-bond acceptors (Lipinski definition) is 3. The van der Waals surface area contributed by atoms with Crippen LogP contribution >= 0.6 is 11.6 Å². The summed E-state index contributed by atoms with van der Waals surface area (Å²) in [4.78, 5) is 40.8. The fourth-order valence-electron chi connectivity index (χ4n) is 4.95. The molecule has 35 heavy (non-hydrogen) atoms. The molecule has 176 valence electrons. The van der Waals surface area contributed by atoms with Crippen LogP contribution in [0.5, 0.6) is 0 Å². The minimum atomic E-state index is -1.27. The molecule has 1 saturated heterocycles. The number of carbonyl (C=O) groups is 3. The molecule has 1 aliphatic rings. The average Bonchev–Trinajstić information content (AvgIpc) is 3.26. The highest BCUT2D eigenvalue weighted by Gasteiger charge is 2.50. The minimum Gasteiger partial charge on any atom is -0.319 e. The summed E-state index contributed by atoms with van der Waals surface area (Å²) in [5.41, 5.74) is 2.38. The third kappa shape index (κ3) is 3.70. The van der Waals surface area contributed by atoms with Gasteiger partial charge in [0.1, 0.15) is 5.54 Å².